The van der Waals surface area contributed by atoms with Crippen LogP contribution in [-0.2, 0) is 11.3 Å². The van der Waals surface area contributed by atoms with Crippen molar-refractivity contribution in [3.63, 3.8) is 0 Å². The van der Waals surface area contributed by atoms with E-state index in [0.717, 1.165) is 36.2 Å². The number of carbonyl (C=O) groups is 1. The van der Waals surface area contributed by atoms with Gasteiger partial charge in [0.2, 0.25) is 5.91 Å². The second kappa shape index (κ2) is 5.61. The number of aromatic nitrogens is 2. The van der Waals surface area contributed by atoms with Gasteiger partial charge in [-0.05, 0) is 25.0 Å². The van der Waals surface area contributed by atoms with Crippen molar-refractivity contribution in [3.05, 3.63) is 30.1 Å². The summed E-state index contributed by atoms with van der Waals surface area (Å²) in [5.41, 5.74) is 1.99. The summed E-state index contributed by atoms with van der Waals surface area (Å²) >= 11 is 0. The van der Waals surface area contributed by atoms with Gasteiger partial charge in [0.05, 0.1) is 23.6 Å². The second-order valence-corrected chi connectivity index (χ2v) is 5.35. The zero-order valence-electron chi connectivity index (χ0n) is 12.2. The molecule has 0 unspecified atom stereocenters. The molecule has 21 heavy (non-hydrogen) atoms. The maximum atomic E-state index is 12.1. The highest BCUT2D eigenvalue weighted by Gasteiger charge is 2.32. The summed E-state index contributed by atoms with van der Waals surface area (Å²) < 4.78 is 2.07. The molecule has 0 saturated carbocycles. The lowest BCUT2D eigenvalue weighted by Crippen LogP contribution is -2.31. The first-order valence-electron chi connectivity index (χ1n) is 7.44. The Bertz CT molecular complexity index is 710. The van der Waals surface area contributed by atoms with Gasteiger partial charge in [0, 0.05) is 13.0 Å². The average Bonchev–Trinajstić information content (AvgIpc) is 3.11. The van der Waals surface area contributed by atoms with E-state index < -0.39 is 0 Å². The first-order valence-corrected chi connectivity index (χ1v) is 7.44. The van der Waals surface area contributed by atoms with Gasteiger partial charge in [-0.1, -0.05) is 25.0 Å². The van der Waals surface area contributed by atoms with Crippen LogP contribution in [0.1, 0.15) is 38.1 Å². The van der Waals surface area contributed by atoms with E-state index in [2.05, 4.69) is 10.5 Å². The Hall–Kier alpha value is -2.28. The highest BCUT2D eigenvalue weighted by molar-refractivity contribution is 5.78. The van der Waals surface area contributed by atoms with Crippen LogP contribution in [0.4, 0.5) is 0 Å². The highest BCUT2D eigenvalue weighted by atomic mass is 16.2. The highest BCUT2D eigenvalue weighted by Crippen LogP contribution is 2.33. The molecule has 0 radical (unpaired) electrons. The smallest absolute Gasteiger partial charge is 0.222 e. The fourth-order valence-corrected chi connectivity index (χ4v) is 3.14. The number of imidazole rings is 1. The first kappa shape index (κ1) is 13.7. The fourth-order valence-electron chi connectivity index (χ4n) is 3.14. The van der Waals surface area contributed by atoms with E-state index in [1.807, 2.05) is 36.1 Å². The van der Waals surface area contributed by atoms with E-state index in [-0.39, 0.29) is 11.9 Å². The largest absolute Gasteiger partial charge is 0.333 e. The van der Waals surface area contributed by atoms with Gasteiger partial charge in [0.15, 0.2) is 0 Å². The number of para-hydroxylation sites is 2. The molecular weight excluding hydrogens is 262 g/mol. The van der Waals surface area contributed by atoms with Crippen LogP contribution in [0, 0.1) is 12.3 Å². The predicted molar refractivity (Wildman–Crippen MR) is 82.5 cm³/mol. The molecule has 1 aliphatic heterocycles. The van der Waals surface area contributed by atoms with Crippen LogP contribution in [0.2, 0.25) is 0 Å². The fraction of sp³-hybridized carbons (Fsp3) is 0.412. The lowest BCUT2D eigenvalue weighted by Gasteiger charge is -2.24. The minimum atomic E-state index is 0.0539. The molecule has 1 saturated heterocycles. The molecule has 0 spiro atoms. The normalized spacial score (nSPS) is 18.1. The Morgan fingerprint density at radius 1 is 1.48 bits per heavy atom. The summed E-state index contributed by atoms with van der Waals surface area (Å²) in [6.07, 6.45) is 8.03. The number of fused-ring (bicyclic) bond motifs is 1. The lowest BCUT2D eigenvalue weighted by molar-refractivity contribution is -0.131. The third-order valence-electron chi connectivity index (χ3n) is 4.11. The van der Waals surface area contributed by atoms with E-state index in [4.69, 9.17) is 11.4 Å². The van der Waals surface area contributed by atoms with Crippen molar-refractivity contribution in [2.45, 2.75) is 38.8 Å². The number of nitrogens with zero attached hydrogens (tertiary/aromatic N) is 3. The SMILES string of the molecule is C#CCn1c([C@H]2CCCN2C(=O)CC)nc2ccccc21. The number of terminal acetylenes is 1. The summed E-state index contributed by atoms with van der Waals surface area (Å²) in [5.74, 6) is 3.82. The van der Waals surface area contributed by atoms with Gasteiger partial charge >= 0.3 is 0 Å². The van der Waals surface area contributed by atoms with Crippen molar-refractivity contribution < 1.29 is 4.79 Å². The number of benzene rings is 1. The molecular formula is C17H19N3O. The van der Waals surface area contributed by atoms with Crippen LogP contribution < -0.4 is 0 Å². The van der Waals surface area contributed by atoms with Gasteiger partial charge < -0.3 is 9.47 Å². The van der Waals surface area contributed by atoms with Crippen molar-refractivity contribution in [2.75, 3.05) is 6.54 Å². The van der Waals surface area contributed by atoms with Gasteiger partial charge in [-0.15, -0.1) is 6.42 Å². The van der Waals surface area contributed by atoms with E-state index in [0.29, 0.717) is 13.0 Å². The number of rotatable bonds is 3. The molecule has 3 rings (SSSR count). The topological polar surface area (TPSA) is 38.1 Å². The van der Waals surface area contributed by atoms with Gasteiger partial charge in [0.1, 0.15) is 5.82 Å². The molecule has 1 atom stereocenters. The van der Waals surface area contributed by atoms with Crippen molar-refractivity contribution in [3.8, 4) is 12.3 Å². The molecule has 1 aromatic carbocycles. The van der Waals surface area contributed by atoms with Crippen molar-refractivity contribution >= 4 is 16.9 Å². The number of hydrogen-bond acceptors (Lipinski definition) is 2. The van der Waals surface area contributed by atoms with Crippen LogP contribution in [0.25, 0.3) is 11.0 Å². The molecule has 0 bridgehead atoms. The maximum Gasteiger partial charge on any atom is 0.222 e. The summed E-state index contributed by atoms with van der Waals surface area (Å²) in [5, 5.41) is 0. The summed E-state index contributed by atoms with van der Waals surface area (Å²) in [7, 11) is 0. The number of amides is 1. The summed E-state index contributed by atoms with van der Waals surface area (Å²) in [6.45, 7) is 3.21. The third-order valence-corrected chi connectivity index (χ3v) is 4.11. The molecule has 1 fully saturated rings. The van der Waals surface area contributed by atoms with Crippen LogP contribution in [0.15, 0.2) is 24.3 Å². The molecule has 1 aromatic heterocycles. The number of carbonyl (C=O) groups excluding carboxylic acids is 1. The second-order valence-electron chi connectivity index (χ2n) is 5.35. The molecule has 1 aliphatic rings. The van der Waals surface area contributed by atoms with Crippen LogP contribution in [-0.4, -0.2) is 26.9 Å². The molecule has 108 valence electrons. The van der Waals surface area contributed by atoms with Gasteiger partial charge in [-0.25, -0.2) is 4.98 Å². The standard InChI is InChI=1S/C17H19N3O/c1-3-11-20-14-9-6-5-8-13(14)18-17(20)15-10-7-12-19(15)16(21)4-2/h1,5-6,8-9,15H,4,7,10-12H2,2H3/t15-/m1/s1. The Balaban J connectivity index is 2.09. The molecule has 4 nitrogen and oxygen atoms in total. The van der Waals surface area contributed by atoms with Crippen LogP contribution in [0.5, 0.6) is 0 Å². The van der Waals surface area contributed by atoms with Crippen molar-refractivity contribution in [1.29, 1.82) is 0 Å². The Kier molecular flexibility index (Phi) is 3.66. The first-order chi connectivity index (χ1) is 10.3. The van der Waals surface area contributed by atoms with E-state index in [9.17, 15) is 4.79 Å². The van der Waals surface area contributed by atoms with Gasteiger partial charge in [-0.3, -0.25) is 4.79 Å². The quantitative estimate of drug-likeness (QED) is 0.811. The van der Waals surface area contributed by atoms with Crippen LogP contribution in [0.3, 0.4) is 0 Å². The van der Waals surface area contributed by atoms with Gasteiger partial charge in [0.25, 0.3) is 0 Å². The minimum absolute atomic E-state index is 0.0539. The number of likely N-dealkylation sites (tertiary alicyclic amines) is 1. The van der Waals surface area contributed by atoms with Gasteiger partial charge in [-0.2, -0.15) is 0 Å². The van der Waals surface area contributed by atoms with Crippen molar-refractivity contribution in [2.24, 2.45) is 0 Å². The predicted octanol–water partition coefficient (Wildman–Crippen LogP) is 2.74. The lowest BCUT2D eigenvalue weighted by atomic mass is 10.2. The summed E-state index contributed by atoms with van der Waals surface area (Å²) in [4.78, 5) is 18.8. The van der Waals surface area contributed by atoms with Crippen molar-refractivity contribution in [1.82, 2.24) is 14.5 Å². The minimum Gasteiger partial charge on any atom is -0.333 e. The third kappa shape index (κ3) is 2.29. The van der Waals surface area contributed by atoms with E-state index in [1.165, 1.54) is 0 Å². The Morgan fingerprint density at radius 3 is 3.05 bits per heavy atom. The summed E-state index contributed by atoms with van der Waals surface area (Å²) in [6, 6.07) is 8.04. The van der Waals surface area contributed by atoms with E-state index >= 15 is 0 Å². The molecule has 2 aromatic rings. The monoisotopic (exact) mass is 281 g/mol. The molecule has 0 aliphatic carbocycles. The number of hydrogen-bond donors (Lipinski definition) is 0. The Labute approximate surface area is 124 Å². The Morgan fingerprint density at radius 2 is 2.29 bits per heavy atom. The molecule has 1 amide bonds. The molecule has 2 heterocycles. The zero-order chi connectivity index (χ0) is 14.8. The average molecular weight is 281 g/mol. The van der Waals surface area contributed by atoms with E-state index in [1.54, 1.807) is 0 Å². The molecule has 0 N–H and O–H groups in total. The molecule has 4 heteroatoms. The van der Waals surface area contributed by atoms with Crippen LogP contribution >= 0.6 is 0 Å². The zero-order valence-corrected chi connectivity index (χ0v) is 12.2. The maximum absolute atomic E-state index is 12.1.